The third-order valence-corrected chi connectivity index (χ3v) is 2.91. The van der Waals surface area contributed by atoms with Crippen molar-refractivity contribution in [3.63, 3.8) is 0 Å². The number of urea groups is 1. The van der Waals surface area contributed by atoms with E-state index >= 15 is 0 Å². The highest BCUT2D eigenvalue weighted by Gasteiger charge is 2.02. The van der Waals surface area contributed by atoms with Gasteiger partial charge in [0.05, 0.1) is 0 Å². The molecular weight excluding hydrogens is 256 g/mol. The van der Waals surface area contributed by atoms with Gasteiger partial charge >= 0.3 is 12.0 Å². The lowest BCUT2D eigenvalue weighted by Gasteiger charge is -2.08. The molecule has 3 N–H and O–H groups in total. The number of carbonyl (C=O) groups is 2. The number of hydrogen-bond donors (Lipinski definition) is 3. The highest BCUT2D eigenvalue weighted by atomic mass is 16.4. The van der Waals surface area contributed by atoms with Gasteiger partial charge < -0.3 is 15.7 Å². The SMILES string of the molecule is CCCCCNC(=O)Nc1ccc(CCC(=O)O)cc1. The number of amides is 2. The first-order valence-electron chi connectivity index (χ1n) is 6.97. The number of aliphatic carboxylic acids is 1. The van der Waals surface area contributed by atoms with Crippen LogP contribution >= 0.6 is 0 Å². The molecule has 1 aromatic carbocycles. The van der Waals surface area contributed by atoms with Gasteiger partial charge in [0.15, 0.2) is 0 Å². The Morgan fingerprint density at radius 2 is 1.85 bits per heavy atom. The second-order valence-corrected chi connectivity index (χ2v) is 4.68. The van der Waals surface area contributed by atoms with Crippen molar-refractivity contribution in [1.82, 2.24) is 5.32 Å². The quantitative estimate of drug-likeness (QED) is 0.640. The molecule has 0 radical (unpaired) electrons. The van der Waals surface area contributed by atoms with Gasteiger partial charge in [0.2, 0.25) is 0 Å². The minimum Gasteiger partial charge on any atom is -0.481 e. The van der Waals surface area contributed by atoms with Crippen molar-refractivity contribution < 1.29 is 14.7 Å². The van der Waals surface area contributed by atoms with Crippen molar-refractivity contribution in [1.29, 1.82) is 0 Å². The fourth-order valence-electron chi connectivity index (χ4n) is 1.76. The summed E-state index contributed by atoms with van der Waals surface area (Å²) < 4.78 is 0. The summed E-state index contributed by atoms with van der Waals surface area (Å²) in [6, 6.07) is 7.01. The van der Waals surface area contributed by atoms with Crippen LogP contribution in [0.15, 0.2) is 24.3 Å². The maximum absolute atomic E-state index is 11.6. The predicted molar refractivity (Wildman–Crippen MR) is 78.9 cm³/mol. The first-order valence-corrected chi connectivity index (χ1v) is 6.97. The van der Waals surface area contributed by atoms with E-state index in [1.807, 2.05) is 12.1 Å². The van der Waals surface area contributed by atoms with E-state index in [0.29, 0.717) is 18.7 Å². The van der Waals surface area contributed by atoms with E-state index in [0.717, 1.165) is 24.8 Å². The summed E-state index contributed by atoms with van der Waals surface area (Å²) in [5.41, 5.74) is 1.65. The van der Waals surface area contributed by atoms with Crippen LogP contribution in [0.1, 0.15) is 38.2 Å². The van der Waals surface area contributed by atoms with Gasteiger partial charge in [0.25, 0.3) is 0 Å². The molecule has 0 saturated carbocycles. The smallest absolute Gasteiger partial charge is 0.319 e. The summed E-state index contributed by atoms with van der Waals surface area (Å²) in [7, 11) is 0. The van der Waals surface area contributed by atoms with E-state index in [1.165, 1.54) is 0 Å². The van der Waals surface area contributed by atoms with Gasteiger partial charge in [-0.2, -0.15) is 0 Å². The molecule has 0 saturated heterocycles. The molecule has 0 aliphatic carbocycles. The summed E-state index contributed by atoms with van der Waals surface area (Å²) >= 11 is 0. The lowest BCUT2D eigenvalue weighted by atomic mass is 10.1. The average Bonchev–Trinajstić information content (AvgIpc) is 2.43. The minimum absolute atomic E-state index is 0.116. The largest absolute Gasteiger partial charge is 0.481 e. The highest BCUT2D eigenvalue weighted by Crippen LogP contribution is 2.11. The lowest BCUT2D eigenvalue weighted by Crippen LogP contribution is -2.29. The normalized spacial score (nSPS) is 10.1. The number of aryl methyl sites for hydroxylation is 1. The van der Waals surface area contributed by atoms with Crippen LogP contribution < -0.4 is 10.6 Å². The number of unbranched alkanes of at least 4 members (excludes halogenated alkanes) is 2. The second-order valence-electron chi connectivity index (χ2n) is 4.68. The molecule has 1 aromatic rings. The average molecular weight is 278 g/mol. The van der Waals surface area contributed by atoms with Gasteiger partial charge in [-0.25, -0.2) is 4.79 Å². The van der Waals surface area contributed by atoms with Gasteiger partial charge in [-0.3, -0.25) is 4.79 Å². The number of hydrogen-bond acceptors (Lipinski definition) is 2. The van der Waals surface area contributed by atoms with Crippen molar-refractivity contribution >= 4 is 17.7 Å². The summed E-state index contributed by atoms with van der Waals surface area (Å²) in [6.07, 6.45) is 3.83. The zero-order chi connectivity index (χ0) is 14.8. The van der Waals surface area contributed by atoms with E-state index in [2.05, 4.69) is 17.6 Å². The van der Waals surface area contributed by atoms with Crippen LogP contribution in [0.25, 0.3) is 0 Å². The Labute approximate surface area is 119 Å². The number of anilines is 1. The summed E-state index contributed by atoms with van der Waals surface area (Å²) in [5, 5.41) is 14.1. The molecule has 20 heavy (non-hydrogen) atoms. The number of rotatable bonds is 8. The van der Waals surface area contributed by atoms with E-state index in [4.69, 9.17) is 5.11 Å². The molecule has 0 unspecified atom stereocenters. The molecule has 0 bridgehead atoms. The van der Waals surface area contributed by atoms with Crippen LogP contribution in [0, 0.1) is 0 Å². The minimum atomic E-state index is -0.807. The fraction of sp³-hybridized carbons (Fsp3) is 0.467. The van der Waals surface area contributed by atoms with E-state index in [-0.39, 0.29) is 12.5 Å². The number of carboxylic acid groups (broad SMARTS) is 1. The Hall–Kier alpha value is -2.04. The maximum Gasteiger partial charge on any atom is 0.319 e. The van der Waals surface area contributed by atoms with Crippen molar-refractivity contribution in [3.8, 4) is 0 Å². The maximum atomic E-state index is 11.6. The van der Waals surface area contributed by atoms with Crippen LogP contribution in [0.2, 0.25) is 0 Å². The zero-order valence-corrected chi connectivity index (χ0v) is 11.8. The Bertz CT molecular complexity index is 429. The predicted octanol–water partition coefficient (Wildman–Crippen LogP) is 3.02. The van der Waals surface area contributed by atoms with Gasteiger partial charge in [0, 0.05) is 18.7 Å². The van der Waals surface area contributed by atoms with Crippen LogP contribution in [0.3, 0.4) is 0 Å². The third-order valence-electron chi connectivity index (χ3n) is 2.91. The monoisotopic (exact) mass is 278 g/mol. The molecule has 0 aliphatic heterocycles. The van der Waals surface area contributed by atoms with E-state index in [1.54, 1.807) is 12.1 Å². The number of carboxylic acids is 1. The molecule has 0 heterocycles. The van der Waals surface area contributed by atoms with E-state index < -0.39 is 5.97 Å². The molecule has 5 nitrogen and oxygen atoms in total. The Morgan fingerprint density at radius 3 is 2.45 bits per heavy atom. The number of nitrogens with one attached hydrogen (secondary N) is 2. The van der Waals surface area contributed by atoms with Gasteiger partial charge in [-0.15, -0.1) is 0 Å². The van der Waals surface area contributed by atoms with Crippen LogP contribution in [-0.2, 0) is 11.2 Å². The third kappa shape index (κ3) is 6.78. The van der Waals surface area contributed by atoms with Crippen molar-refractivity contribution in [3.05, 3.63) is 29.8 Å². The molecule has 0 aliphatic rings. The standard InChI is InChI=1S/C15H22N2O3/c1-2-3-4-11-16-15(20)17-13-8-5-12(6-9-13)7-10-14(18)19/h5-6,8-9H,2-4,7,10-11H2,1H3,(H,18,19)(H2,16,17,20). The summed E-state index contributed by atoms with van der Waals surface area (Å²) in [6.45, 7) is 2.79. The molecule has 110 valence electrons. The Balaban J connectivity index is 2.33. The van der Waals surface area contributed by atoms with E-state index in [9.17, 15) is 9.59 Å². The Kier molecular flexibility index (Phi) is 7.17. The summed E-state index contributed by atoms with van der Waals surface area (Å²) in [4.78, 5) is 22.0. The topological polar surface area (TPSA) is 78.4 Å². The van der Waals surface area contributed by atoms with Crippen molar-refractivity contribution in [2.75, 3.05) is 11.9 Å². The lowest BCUT2D eigenvalue weighted by molar-refractivity contribution is -0.136. The molecule has 0 fully saturated rings. The molecular formula is C15H22N2O3. The first-order chi connectivity index (χ1) is 9.61. The van der Waals surface area contributed by atoms with Crippen LogP contribution in [0.4, 0.5) is 10.5 Å². The number of carbonyl (C=O) groups excluding carboxylic acids is 1. The molecule has 1 rings (SSSR count). The van der Waals surface area contributed by atoms with Crippen molar-refractivity contribution in [2.24, 2.45) is 0 Å². The van der Waals surface area contributed by atoms with Gasteiger partial charge in [0.1, 0.15) is 0 Å². The molecule has 5 heteroatoms. The molecule has 2 amide bonds. The molecule has 0 spiro atoms. The fourth-order valence-corrected chi connectivity index (χ4v) is 1.76. The Morgan fingerprint density at radius 1 is 1.15 bits per heavy atom. The van der Waals surface area contributed by atoms with Gasteiger partial charge in [-0.05, 0) is 30.5 Å². The molecule has 0 atom stereocenters. The summed E-state index contributed by atoms with van der Waals surface area (Å²) in [5.74, 6) is -0.807. The number of benzene rings is 1. The van der Waals surface area contributed by atoms with Crippen LogP contribution in [-0.4, -0.2) is 23.7 Å². The van der Waals surface area contributed by atoms with Crippen molar-refractivity contribution in [2.45, 2.75) is 39.0 Å². The highest BCUT2D eigenvalue weighted by molar-refractivity contribution is 5.89. The van der Waals surface area contributed by atoms with Crippen LogP contribution in [0.5, 0.6) is 0 Å². The molecule has 0 aromatic heterocycles. The van der Waals surface area contributed by atoms with Gasteiger partial charge in [-0.1, -0.05) is 31.9 Å². The first kappa shape index (κ1) is 16.0. The second kappa shape index (κ2) is 8.96. The zero-order valence-electron chi connectivity index (χ0n) is 11.8.